The Morgan fingerprint density at radius 1 is 1.20 bits per heavy atom. The monoisotopic (exact) mass is 380 g/mol. The number of carbonyl (C=O) groups excluding carboxylic acids is 1. The van der Waals surface area contributed by atoms with Gasteiger partial charge < -0.3 is 14.7 Å². The molecule has 1 aromatic carbocycles. The highest BCUT2D eigenvalue weighted by Crippen LogP contribution is 2.24. The number of benzene rings is 1. The van der Waals surface area contributed by atoms with Crippen molar-refractivity contribution in [2.45, 2.75) is 0 Å². The quantitative estimate of drug-likeness (QED) is 0.641. The molecule has 25 heavy (non-hydrogen) atoms. The van der Waals surface area contributed by atoms with Crippen molar-refractivity contribution in [3.05, 3.63) is 63.8 Å². The predicted octanol–water partition coefficient (Wildman–Crippen LogP) is 1.90. The summed E-state index contributed by atoms with van der Waals surface area (Å²) in [6.45, 7) is 0. The highest BCUT2D eigenvalue weighted by atomic mass is 35.5. The van der Waals surface area contributed by atoms with E-state index in [2.05, 4.69) is 15.0 Å². The summed E-state index contributed by atoms with van der Waals surface area (Å²) in [7, 11) is -3.48. The average Bonchev–Trinajstić information content (AvgIpc) is 2.90. The van der Waals surface area contributed by atoms with Crippen LogP contribution < -0.4 is 15.6 Å². The van der Waals surface area contributed by atoms with Gasteiger partial charge in [0.05, 0.1) is 17.5 Å². The highest BCUT2D eigenvalue weighted by Gasteiger charge is 2.12. The molecule has 0 aliphatic rings. The van der Waals surface area contributed by atoms with Crippen molar-refractivity contribution in [2.24, 2.45) is 0 Å². The van der Waals surface area contributed by atoms with Crippen LogP contribution in [0.25, 0.3) is 5.52 Å². The van der Waals surface area contributed by atoms with Gasteiger partial charge in [0, 0.05) is 29.3 Å². The SMILES string of the molecule is CS(=O)(=O)Nc1cc(Cl)cc(NC(=O)c2cc3c(=O)[nH]ccn3c2)c1. The van der Waals surface area contributed by atoms with E-state index in [4.69, 9.17) is 11.6 Å². The standard InChI is InChI=1S/C15H13ClN4O4S/c1-25(23,24)19-12-6-10(16)5-11(7-12)18-14(21)9-4-13-15(22)17-2-3-20(13)8-9/h2-8,19H,1H3,(H,17,22)(H,18,21). The van der Waals surface area contributed by atoms with Gasteiger partial charge in [-0.2, -0.15) is 0 Å². The van der Waals surface area contributed by atoms with Crippen LogP contribution in [0.2, 0.25) is 5.02 Å². The van der Waals surface area contributed by atoms with Gasteiger partial charge in [0.25, 0.3) is 11.5 Å². The van der Waals surface area contributed by atoms with Gasteiger partial charge in [0.2, 0.25) is 10.0 Å². The number of anilines is 2. The number of rotatable bonds is 4. The number of amides is 1. The van der Waals surface area contributed by atoms with E-state index in [0.29, 0.717) is 11.2 Å². The molecular weight excluding hydrogens is 368 g/mol. The molecule has 3 rings (SSSR count). The smallest absolute Gasteiger partial charge is 0.272 e. The Morgan fingerprint density at radius 3 is 2.60 bits per heavy atom. The second-order valence-corrected chi connectivity index (χ2v) is 7.55. The normalized spacial score (nSPS) is 11.4. The summed E-state index contributed by atoms with van der Waals surface area (Å²) in [6.07, 6.45) is 5.61. The van der Waals surface area contributed by atoms with Crippen molar-refractivity contribution in [1.29, 1.82) is 0 Å². The number of aromatic nitrogens is 2. The number of sulfonamides is 1. The van der Waals surface area contributed by atoms with E-state index in [-0.39, 0.29) is 21.8 Å². The summed E-state index contributed by atoms with van der Waals surface area (Å²) < 4.78 is 26.5. The fraction of sp³-hybridized carbons (Fsp3) is 0.0667. The van der Waals surface area contributed by atoms with E-state index in [1.165, 1.54) is 41.1 Å². The Balaban J connectivity index is 1.89. The molecule has 10 heteroatoms. The van der Waals surface area contributed by atoms with E-state index >= 15 is 0 Å². The zero-order chi connectivity index (χ0) is 18.2. The molecule has 0 fully saturated rings. The summed E-state index contributed by atoms with van der Waals surface area (Å²) in [4.78, 5) is 26.6. The topological polar surface area (TPSA) is 113 Å². The lowest BCUT2D eigenvalue weighted by atomic mass is 10.2. The molecule has 0 bridgehead atoms. The molecule has 0 aliphatic heterocycles. The summed E-state index contributed by atoms with van der Waals surface area (Å²) in [5.41, 5.74) is 0.827. The predicted molar refractivity (Wildman–Crippen MR) is 95.9 cm³/mol. The third-order valence-corrected chi connectivity index (χ3v) is 4.08. The lowest BCUT2D eigenvalue weighted by Gasteiger charge is -2.09. The maximum absolute atomic E-state index is 12.4. The Kier molecular flexibility index (Phi) is 4.27. The molecule has 1 amide bonds. The van der Waals surface area contributed by atoms with Crippen LogP contribution in [0.15, 0.2) is 47.7 Å². The maximum atomic E-state index is 12.4. The zero-order valence-electron chi connectivity index (χ0n) is 12.9. The number of H-pyrrole nitrogens is 1. The van der Waals surface area contributed by atoms with Crippen molar-refractivity contribution in [3.63, 3.8) is 0 Å². The van der Waals surface area contributed by atoms with E-state index in [1.54, 1.807) is 6.20 Å². The van der Waals surface area contributed by atoms with E-state index in [0.717, 1.165) is 6.26 Å². The van der Waals surface area contributed by atoms with E-state index in [1.807, 2.05) is 0 Å². The van der Waals surface area contributed by atoms with Gasteiger partial charge in [0.15, 0.2) is 0 Å². The second kappa shape index (κ2) is 6.26. The Morgan fingerprint density at radius 2 is 1.92 bits per heavy atom. The van der Waals surface area contributed by atoms with E-state index in [9.17, 15) is 18.0 Å². The summed E-state index contributed by atoms with van der Waals surface area (Å²) in [5, 5.41) is 2.87. The minimum atomic E-state index is -3.48. The number of carbonyl (C=O) groups is 1. The van der Waals surface area contributed by atoms with Crippen LogP contribution in [0.4, 0.5) is 11.4 Å². The third kappa shape index (κ3) is 4.01. The van der Waals surface area contributed by atoms with Crippen LogP contribution in [0.5, 0.6) is 0 Å². The molecule has 0 spiro atoms. The fourth-order valence-corrected chi connectivity index (χ4v) is 3.10. The van der Waals surface area contributed by atoms with Gasteiger partial charge in [-0.05, 0) is 24.3 Å². The van der Waals surface area contributed by atoms with Gasteiger partial charge >= 0.3 is 0 Å². The van der Waals surface area contributed by atoms with Crippen LogP contribution in [0, 0.1) is 0 Å². The first-order valence-electron chi connectivity index (χ1n) is 7.00. The van der Waals surface area contributed by atoms with Gasteiger partial charge in [-0.25, -0.2) is 8.42 Å². The largest absolute Gasteiger partial charge is 0.326 e. The second-order valence-electron chi connectivity index (χ2n) is 5.37. The number of nitrogens with zero attached hydrogens (tertiary/aromatic N) is 1. The molecule has 2 aromatic heterocycles. The van der Waals surface area contributed by atoms with Crippen LogP contribution in [-0.4, -0.2) is 30.0 Å². The molecule has 2 heterocycles. The molecule has 0 aliphatic carbocycles. The van der Waals surface area contributed by atoms with Crippen molar-refractivity contribution >= 4 is 44.4 Å². The Hall–Kier alpha value is -2.78. The molecule has 0 atom stereocenters. The van der Waals surface area contributed by atoms with Crippen LogP contribution in [0.3, 0.4) is 0 Å². The fourth-order valence-electron chi connectivity index (χ4n) is 2.31. The summed E-state index contributed by atoms with van der Waals surface area (Å²) >= 11 is 5.96. The number of hydrogen-bond acceptors (Lipinski definition) is 4. The first kappa shape index (κ1) is 17.1. The summed E-state index contributed by atoms with van der Waals surface area (Å²) in [6, 6.07) is 5.79. The Labute approximate surface area is 147 Å². The van der Waals surface area contributed by atoms with Crippen LogP contribution in [0.1, 0.15) is 10.4 Å². The minimum absolute atomic E-state index is 0.226. The van der Waals surface area contributed by atoms with Crippen molar-refractivity contribution in [1.82, 2.24) is 9.38 Å². The molecule has 0 saturated carbocycles. The maximum Gasteiger partial charge on any atom is 0.272 e. The molecule has 0 unspecified atom stereocenters. The van der Waals surface area contributed by atoms with Crippen molar-refractivity contribution in [2.75, 3.05) is 16.3 Å². The molecule has 3 N–H and O–H groups in total. The molecule has 3 aromatic rings. The van der Waals surface area contributed by atoms with Gasteiger partial charge in [-0.1, -0.05) is 11.6 Å². The van der Waals surface area contributed by atoms with Crippen molar-refractivity contribution < 1.29 is 13.2 Å². The zero-order valence-corrected chi connectivity index (χ0v) is 14.5. The number of fused-ring (bicyclic) bond motifs is 1. The van der Waals surface area contributed by atoms with E-state index < -0.39 is 15.9 Å². The number of hydrogen-bond donors (Lipinski definition) is 3. The van der Waals surface area contributed by atoms with Gasteiger partial charge in [-0.15, -0.1) is 0 Å². The van der Waals surface area contributed by atoms with Crippen LogP contribution in [-0.2, 0) is 10.0 Å². The summed E-state index contributed by atoms with van der Waals surface area (Å²) in [5.74, 6) is -0.462. The Bertz CT molecular complexity index is 1130. The first-order valence-corrected chi connectivity index (χ1v) is 9.27. The van der Waals surface area contributed by atoms with Crippen molar-refractivity contribution in [3.8, 4) is 0 Å². The lowest BCUT2D eigenvalue weighted by Crippen LogP contribution is -2.13. The highest BCUT2D eigenvalue weighted by molar-refractivity contribution is 7.92. The van der Waals surface area contributed by atoms with Gasteiger partial charge in [0.1, 0.15) is 5.52 Å². The molecule has 130 valence electrons. The number of halogens is 1. The molecule has 0 radical (unpaired) electrons. The number of nitrogens with one attached hydrogen (secondary N) is 3. The molecule has 0 saturated heterocycles. The van der Waals surface area contributed by atoms with Crippen LogP contribution >= 0.6 is 11.6 Å². The average molecular weight is 381 g/mol. The van der Waals surface area contributed by atoms with Gasteiger partial charge in [-0.3, -0.25) is 14.3 Å². The first-order chi connectivity index (χ1) is 11.7. The lowest BCUT2D eigenvalue weighted by molar-refractivity contribution is 0.102. The third-order valence-electron chi connectivity index (χ3n) is 3.25. The minimum Gasteiger partial charge on any atom is -0.326 e. The number of aromatic amines is 1. The molecular formula is C15H13ClN4O4S. The molecule has 8 nitrogen and oxygen atoms in total.